The Hall–Kier alpha value is -2.44. The molecule has 1 N–H and O–H groups in total. The van der Waals surface area contributed by atoms with Crippen molar-refractivity contribution >= 4 is 28.5 Å². The molecular formula is C21H22ClFN4O. The number of halogens is 2. The molecule has 5 nitrogen and oxygen atoms in total. The molecule has 1 fully saturated rings. The number of nitrogens with zero attached hydrogens (tertiary/aromatic N) is 3. The Morgan fingerprint density at radius 1 is 1.11 bits per heavy atom. The molecule has 0 atom stereocenters. The van der Waals surface area contributed by atoms with Gasteiger partial charge in [-0.1, -0.05) is 29.8 Å². The smallest absolute Gasteiger partial charge is 0.223 e. The van der Waals surface area contributed by atoms with Crippen LogP contribution in [0.1, 0.15) is 17.8 Å². The number of hydrogen-bond donors (Lipinski definition) is 1. The van der Waals surface area contributed by atoms with Crippen molar-refractivity contribution in [2.75, 3.05) is 26.2 Å². The van der Waals surface area contributed by atoms with Gasteiger partial charge >= 0.3 is 0 Å². The van der Waals surface area contributed by atoms with Gasteiger partial charge < -0.3 is 9.88 Å². The summed E-state index contributed by atoms with van der Waals surface area (Å²) in [5.74, 6) is 0.684. The first kappa shape index (κ1) is 18.9. The predicted octanol–water partition coefficient (Wildman–Crippen LogP) is 3.63. The second-order valence-corrected chi connectivity index (χ2v) is 7.46. The molecule has 146 valence electrons. The number of imidazole rings is 1. The number of fused-ring (bicyclic) bond motifs is 1. The van der Waals surface area contributed by atoms with Crippen LogP contribution in [0.5, 0.6) is 0 Å². The zero-order valence-corrected chi connectivity index (χ0v) is 16.3. The van der Waals surface area contributed by atoms with Crippen LogP contribution in [-0.2, 0) is 17.8 Å². The molecule has 2 heterocycles. The van der Waals surface area contributed by atoms with Gasteiger partial charge in [-0.15, -0.1) is 0 Å². The average molecular weight is 401 g/mol. The van der Waals surface area contributed by atoms with Crippen LogP contribution in [0.2, 0.25) is 5.02 Å². The van der Waals surface area contributed by atoms with Crippen molar-refractivity contribution in [3.63, 3.8) is 0 Å². The largest absolute Gasteiger partial charge is 0.342 e. The van der Waals surface area contributed by atoms with E-state index in [-0.39, 0.29) is 11.7 Å². The number of aromatic amines is 1. The van der Waals surface area contributed by atoms with Crippen molar-refractivity contribution in [3.05, 3.63) is 64.7 Å². The lowest BCUT2D eigenvalue weighted by Crippen LogP contribution is -2.48. The van der Waals surface area contributed by atoms with E-state index in [9.17, 15) is 9.18 Å². The fourth-order valence-electron chi connectivity index (χ4n) is 3.57. The molecule has 0 bridgehead atoms. The molecule has 0 spiro atoms. The van der Waals surface area contributed by atoms with Crippen molar-refractivity contribution in [1.29, 1.82) is 0 Å². The maximum absolute atomic E-state index is 14.0. The summed E-state index contributed by atoms with van der Waals surface area (Å²) >= 11 is 6.12. The molecule has 1 aromatic heterocycles. The second-order valence-electron chi connectivity index (χ2n) is 7.06. The Morgan fingerprint density at radius 3 is 2.64 bits per heavy atom. The second kappa shape index (κ2) is 8.29. The number of carbonyl (C=O) groups is 1. The minimum Gasteiger partial charge on any atom is -0.342 e. The Morgan fingerprint density at radius 2 is 1.89 bits per heavy atom. The summed E-state index contributed by atoms with van der Waals surface area (Å²) in [5.41, 5.74) is 2.43. The van der Waals surface area contributed by atoms with E-state index < -0.39 is 0 Å². The molecule has 4 rings (SSSR count). The number of benzene rings is 2. The van der Waals surface area contributed by atoms with E-state index in [1.54, 1.807) is 12.1 Å². The number of aryl methyl sites for hydroxylation is 1. The van der Waals surface area contributed by atoms with Crippen molar-refractivity contribution in [2.24, 2.45) is 0 Å². The summed E-state index contributed by atoms with van der Waals surface area (Å²) in [6, 6.07) is 12.6. The van der Waals surface area contributed by atoms with E-state index >= 15 is 0 Å². The summed E-state index contributed by atoms with van der Waals surface area (Å²) in [7, 11) is 0. The monoisotopic (exact) mass is 400 g/mol. The fraction of sp³-hybridized carbons (Fsp3) is 0.333. The maximum atomic E-state index is 14.0. The van der Waals surface area contributed by atoms with Crippen LogP contribution >= 0.6 is 11.6 Å². The zero-order valence-electron chi connectivity index (χ0n) is 15.5. The van der Waals surface area contributed by atoms with Gasteiger partial charge in [-0.2, -0.15) is 0 Å². The number of carbonyl (C=O) groups excluding carboxylic acids is 1. The Labute approximate surface area is 168 Å². The number of para-hydroxylation sites is 2. The molecule has 2 aromatic carbocycles. The van der Waals surface area contributed by atoms with E-state index in [0.29, 0.717) is 56.2 Å². The molecule has 28 heavy (non-hydrogen) atoms. The van der Waals surface area contributed by atoms with Gasteiger partial charge in [0.05, 0.1) is 11.0 Å². The number of H-pyrrole nitrogens is 1. The topological polar surface area (TPSA) is 52.2 Å². The summed E-state index contributed by atoms with van der Waals surface area (Å²) < 4.78 is 14.0. The molecule has 0 unspecified atom stereocenters. The van der Waals surface area contributed by atoms with Crippen LogP contribution in [-0.4, -0.2) is 51.9 Å². The van der Waals surface area contributed by atoms with Crippen LogP contribution in [0.15, 0.2) is 42.5 Å². The number of aromatic nitrogens is 2. The molecule has 3 aromatic rings. The van der Waals surface area contributed by atoms with Gasteiger partial charge in [-0.3, -0.25) is 9.69 Å². The van der Waals surface area contributed by atoms with Gasteiger partial charge in [0, 0.05) is 56.2 Å². The SMILES string of the molecule is O=C(CCc1nc2ccccc2[nH]1)N1CCN(Cc2c(F)cccc2Cl)CC1. The molecular weight excluding hydrogens is 379 g/mol. The maximum Gasteiger partial charge on any atom is 0.223 e. The van der Waals surface area contributed by atoms with E-state index in [1.165, 1.54) is 6.07 Å². The van der Waals surface area contributed by atoms with E-state index in [2.05, 4.69) is 14.9 Å². The third-order valence-electron chi connectivity index (χ3n) is 5.18. The third-order valence-corrected chi connectivity index (χ3v) is 5.54. The van der Waals surface area contributed by atoms with Crippen LogP contribution in [0.3, 0.4) is 0 Å². The highest BCUT2D eigenvalue weighted by Gasteiger charge is 2.22. The quantitative estimate of drug-likeness (QED) is 0.711. The van der Waals surface area contributed by atoms with Crippen molar-refractivity contribution < 1.29 is 9.18 Å². The molecule has 1 aliphatic rings. The first-order valence-corrected chi connectivity index (χ1v) is 9.84. The summed E-state index contributed by atoms with van der Waals surface area (Å²) in [5, 5.41) is 0.448. The number of hydrogen-bond acceptors (Lipinski definition) is 3. The van der Waals surface area contributed by atoms with Crippen LogP contribution in [0.4, 0.5) is 4.39 Å². The van der Waals surface area contributed by atoms with Gasteiger partial charge in [-0.05, 0) is 24.3 Å². The zero-order chi connectivity index (χ0) is 19.5. The first-order chi connectivity index (χ1) is 13.6. The standard InChI is InChI=1S/C21H22ClFN4O/c22-16-4-3-5-17(23)15(16)14-26-10-12-27(13-11-26)21(28)9-8-20-24-18-6-1-2-7-19(18)25-20/h1-7H,8-14H2,(H,24,25). The average Bonchev–Trinajstić information content (AvgIpc) is 3.12. The Bertz CT molecular complexity index is 928. The highest BCUT2D eigenvalue weighted by molar-refractivity contribution is 6.31. The number of amides is 1. The van der Waals surface area contributed by atoms with Crippen LogP contribution < -0.4 is 0 Å². The van der Waals surface area contributed by atoms with Crippen molar-refractivity contribution in [1.82, 2.24) is 19.8 Å². The third kappa shape index (κ3) is 4.18. The van der Waals surface area contributed by atoms with E-state index in [4.69, 9.17) is 11.6 Å². The molecule has 0 saturated carbocycles. The fourth-order valence-corrected chi connectivity index (χ4v) is 3.79. The minimum atomic E-state index is -0.281. The van der Waals surface area contributed by atoms with Crippen molar-refractivity contribution in [2.45, 2.75) is 19.4 Å². The van der Waals surface area contributed by atoms with E-state index in [1.807, 2.05) is 29.2 Å². The molecule has 1 aliphatic heterocycles. The van der Waals surface area contributed by atoms with Crippen LogP contribution in [0.25, 0.3) is 11.0 Å². The van der Waals surface area contributed by atoms with Crippen molar-refractivity contribution in [3.8, 4) is 0 Å². The highest BCUT2D eigenvalue weighted by atomic mass is 35.5. The summed E-state index contributed by atoms with van der Waals surface area (Å²) in [4.78, 5) is 24.3. The van der Waals surface area contributed by atoms with Crippen LogP contribution in [0, 0.1) is 5.82 Å². The van der Waals surface area contributed by atoms with Gasteiger partial charge in [0.15, 0.2) is 0 Å². The lowest BCUT2D eigenvalue weighted by atomic mass is 10.1. The van der Waals surface area contributed by atoms with E-state index in [0.717, 1.165) is 16.9 Å². The highest BCUT2D eigenvalue weighted by Crippen LogP contribution is 2.21. The lowest BCUT2D eigenvalue weighted by Gasteiger charge is -2.35. The normalized spacial score (nSPS) is 15.3. The Balaban J connectivity index is 1.28. The lowest BCUT2D eigenvalue weighted by molar-refractivity contribution is -0.133. The van der Waals surface area contributed by atoms with Gasteiger partial charge in [0.25, 0.3) is 0 Å². The first-order valence-electron chi connectivity index (χ1n) is 9.47. The number of nitrogens with one attached hydrogen (secondary N) is 1. The number of rotatable bonds is 5. The minimum absolute atomic E-state index is 0.129. The van der Waals surface area contributed by atoms with Gasteiger partial charge in [0.1, 0.15) is 11.6 Å². The summed E-state index contributed by atoms with van der Waals surface area (Å²) in [6.07, 6.45) is 1.03. The van der Waals surface area contributed by atoms with Gasteiger partial charge in [-0.25, -0.2) is 9.37 Å². The summed E-state index contributed by atoms with van der Waals surface area (Å²) in [6.45, 7) is 3.17. The predicted molar refractivity (Wildman–Crippen MR) is 108 cm³/mol. The molecule has 0 aliphatic carbocycles. The Kier molecular flexibility index (Phi) is 5.59. The molecule has 0 radical (unpaired) electrons. The van der Waals surface area contributed by atoms with Gasteiger partial charge in [0.2, 0.25) is 5.91 Å². The molecule has 1 saturated heterocycles. The number of piperazine rings is 1. The molecule has 1 amide bonds. The molecule has 7 heteroatoms.